The van der Waals surface area contributed by atoms with E-state index in [0.29, 0.717) is 5.56 Å². The van der Waals surface area contributed by atoms with Crippen molar-refractivity contribution in [3.8, 4) is 5.75 Å². The number of likely N-dealkylation sites (N-methyl/N-ethyl adjacent to an activating group) is 1. The van der Waals surface area contributed by atoms with Gasteiger partial charge in [-0.15, -0.1) is 0 Å². The van der Waals surface area contributed by atoms with Crippen LogP contribution >= 0.6 is 0 Å². The molecule has 0 heterocycles. The monoisotopic (exact) mass is 401 g/mol. The Kier molecular flexibility index (Phi) is 5.82. The van der Waals surface area contributed by atoms with Gasteiger partial charge in [0.1, 0.15) is 5.75 Å². The molecule has 0 aromatic heterocycles. The van der Waals surface area contributed by atoms with Crippen LogP contribution in [0.4, 0.5) is 13.2 Å². The van der Waals surface area contributed by atoms with Gasteiger partial charge >= 0.3 is 6.18 Å². The number of rotatable bonds is 5. The van der Waals surface area contributed by atoms with E-state index in [-0.39, 0.29) is 18.4 Å². The van der Waals surface area contributed by atoms with Crippen molar-refractivity contribution in [2.24, 2.45) is 0 Å². The molecule has 6 heteroatoms. The Morgan fingerprint density at radius 2 is 1.62 bits per heavy atom. The van der Waals surface area contributed by atoms with Crippen LogP contribution in [-0.2, 0) is 17.5 Å². The molecule has 0 saturated heterocycles. The van der Waals surface area contributed by atoms with Crippen LogP contribution in [-0.4, -0.2) is 25.0 Å². The third-order valence-electron chi connectivity index (χ3n) is 5.02. The number of methoxy groups -OCH3 is 1. The summed E-state index contributed by atoms with van der Waals surface area (Å²) in [5.41, 5.74) is 0.829. The molecule has 1 amide bonds. The molecule has 0 N–H and O–H groups in total. The summed E-state index contributed by atoms with van der Waals surface area (Å²) in [5.74, 6) is 0.296. The highest BCUT2D eigenvalue weighted by Gasteiger charge is 2.30. The summed E-state index contributed by atoms with van der Waals surface area (Å²) in [6, 6.07) is 16.5. The maximum Gasteiger partial charge on any atom is 0.416 e. The number of fused-ring (bicyclic) bond motifs is 1. The summed E-state index contributed by atoms with van der Waals surface area (Å²) in [4.78, 5) is 14.4. The lowest BCUT2D eigenvalue weighted by Gasteiger charge is -2.22. The van der Waals surface area contributed by atoms with E-state index in [2.05, 4.69) is 0 Å². The van der Waals surface area contributed by atoms with Gasteiger partial charge in [-0.05, 0) is 53.1 Å². The molecular weight excluding hydrogens is 379 g/mol. The van der Waals surface area contributed by atoms with E-state index in [0.717, 1.165) is 34.2 Å². The molecule has 0 bridgehead atoms. The van der Waals surface area contributed by atoms with Crippen molar-refractivity contribution in [2.75, 3.05) is 14.2 Å². The first kappa shape index (κ1) is 20.7. The molecule has 3 rings (SSSR count). The third kappa shape index (κ3) is 4.70. The van der Waals surface area contributed by atoms with Gasteiger partial charge in [-0.25, -0.2) is 0 Å². The quantitative estimate of drug-likeness (QED) is 0.555. The molecule has 3 aromatic rings. The fourth-order valence-electron chi connectivity index (χ4n) is 3.26. The maximum atomic E-state index is 12.8. The largest absolute Gasteiger partial charge is 0.497 e. The number of hydrogen-bond acceptors (Lipinski definition) is 2. The van der Waals surface area contributed by atoms with Crippen LogP contribution in [0.1, 0.15) is 29.5 Å². The number of amides is 1. The minimum absolute atomic E-state index is 0.0993. The van der Waals surface area contributed by atoms with Gasteiger partial charge in [0.15, 0.2) is 0 Å². The zero-order chi connectivity index (χ0) is 21.2. The summed E-state index contributed by atoms with van der Waals surface area (Å²) >= 11 is 0. The predicted octanol–water partition coefficient (Wildman–Crippen LogP) is 5.63. The molecule has 0 fully saturated rings. The van der Waals surface area contributed by atoms with Crippen molar-refractivity contribution in [2.45, 2.75) is 25.6 Å². The first-order valence-electron chi connectivity index (χ1n) is 9.18. The van der Waals surface area contributed by atoms with Gasteiger partial charge in [-0.1, -0.05) is 36.4 Å². The van der Waals surface area contributed by atoms with Crippen LogP contribution in [0.25, 0.3) is 10.8 Å². The molecule has 29 heavy (non-hydrogen) atoms. The highest BCUT2D eigenvalue weighted by atomic mass is 19.4. The fourth-order valence-corrected chi connectivity index (χ4v) is 3.26. The van der Waals surface area contributed by atoms with Crippen LogP contribution < -0.4 is 4.74 Å². The van der Waals surface area contributed by atoms with Crippen molar-refractivity contribution < 1.29 is 22.7 Å². The van der Waals surface area contributed by atoms with E-state index in [1.165, 1.54) is 17.0 Å². The van der Waals surface area contributed by atoms with Crippen molar-refractivity contribution >= 4 is 16.7 Å². The predicted molar refractivity (Wildman–Crippen MR) is 107 cm³/mol. The molecule has 0 spiro atoms. The van der Waals surface area contributed by atoms with E-state index < -0.39 is 11.7 Å². The lowest BCUT2D eigenvalue weighted by molar-refractivity contribution is -0.137. The number of hydrogen-bond donors (Lipinski definition) is 0. The molecule has 0 saturated carbocycles. The smallest absolute Gasteiger partial charge is 0.416 e. The van der Waals surface area contributed by atoms with Crippen LogP contribution in [0.3, 0.4) is 0 Å². The molecule has 3 nitrogen and oxygen atoms in total. The molecule has 0 aliphatic carbocycles. The average Bonchev–Trinajstić information content (AvgIpc) is 2.71. The maximum absolute atomic E-state index is 12.8. The minimum atomic E-state index is -4.37. The second-order valence-corrected chi connectivity index (χ2v) is 7.08. The van der Waals surface area contributed by atoms with Gasteiger partial charge < -0.3 is 9.64 Å². The topological polar surface area (TPSA) is 29.5 Å². The lowest BCUT2D eigenvalue weighted by atomic mass is 9.96. The zero-order valence-corrected chi connectivity index (χ0v) is 16.5. The van der Waals surface area contributed by atoms with Gasteiger partial charge in [0, 0.05) is 13.6 Å². The third-order valence-corrected chi connectivity index (χ3v) is 5.02. The number of nitrogens with zero attached hydrogens (tertiary/aromatic N) is 1. The highest BCUT2D eigenvalue weighted by Crippen LogP contribution is 2.30. The number of benzene rings is 3. The van der Waals surface area contributed by atoms with Gasteiger partial charge in [0.2, 0.25) is 5.91 Å². The first-order valence-corrected chi connectivity index (χ1v) is 9.18. The lowest BCUT2D eigenvalue weighted by Crippen LogP contribution is -2.30. The zero-order valence-electron chi connectivity index (χ0n) is 16.5. The first-order chi connectivity index (χ1) is 13.7. The molecule has 3 aromatic carbocycles. The molecule has 0 aliphatic heterocycles. The van der Waals surface area contributed by atoms with Crippen LogP contribution in [0.2, 0.25) is 0 Å². The van der Waals surface area contributed by atoms with Crippen molar-refractivity contribution in [1.82, 2.24) is 4.90 Å². The Morgan fingerprint density at radius 3 is 2.24 bits per heavy atom. The van der Waals surface area contributed by atoms with Crippen LogP contribution in [0, 0.1) is 0 Å². The summed E-state index contributed by atoms with van der Waals surface area (Å²) in [7, 11) is 3.27. The van der Waals surface area contributed by atoms with E-state index in [4.69, 9.17) is 4.74 Å². The number of ether oxygens (including phenoxy) is 1. The second kappa shape index (κ2) is 8.15. The Balaban J connectivity index is 1.72. The number of alkyl halides is 3. The summed E-state index contributed by atoms with van der Waals surface area (Å²) in [6.45, 7) is 2.07. The molecule has 0 aliphatic rings. The Labute approximate surface area is 167 Å². The summed E-state index contributed by atoms with van der Waals surface area (Å²) < 4.78 is 43.3. The number of carbonyl (C=O) groups excluding carboxylic acids is 1. The number of carbonyl (C=O) groups is 1. The Hall–Kier alpha value is -3.02. The van der Waals surface area contributed by atoms with Crippen molar-refractivity contribution in [3.63, 3.8) is 0 Å². The van der Waals surface area contributed by atoms with E-state index in [9.17, 15) is 18.0 Å². The van der Waals surface area contributed by atoms with Gasteiger partial charge in [0.05, 0.1) is 18.6 Å². The van der Waals surface area contributed by atoms with E-state index >= 15 is 0 Å². The average molecular weight is 401 g/mol. The van der Waals surface area contributed by atoms with Gasteiger partial charge in [0.25, 0.3) is 0 Å². The van der Waals surface area contributed by atoms with E-state index in [1.54, 1.807) is 14.2 Å². The van der Waals surface area contributed by atoms with Gasteiger partial charge in [-0.3, -0.25) is 4.79 Å². The molecule has 0 unspecified atom stereocenters. The molecule has 152 valence electrons. The Bertz CT molecular complexity index is 1010. The Morgan fingerprint density at radius 1 is 1.00 bits per heavy atom. The molecular formula is C23H22F3NO2. The summed E-state index contributed by atoms with van der Waals surface area (Å²) in [5, 5.41) is 2.03. The molecule has 0 radical (unpaired) electrons. The fraction of sp³-hybridized carbons (Fsp3) is 0.261. The normalized spacial score (nSPS) is 12.6. The number of halogens is 3. The van der Waals surface area contributed by atoms with Crippen LogP contribution in [0.5, 0.6) is 5.75 Å². The van der Waals surface area contributed by atoms with Crippen LogP contribution in [0.15, 0.2) is 60.7 Å². The second-order valence-electron chi connectivity index (χ2n) is 7.08. The van der Waals surface area contributed by atoms with E-state index in [1.807, 2.05) is 43.3 Å². The van der Waals surface area contributed by atoms with Crippen molar-refractivity contribution in [1.29, 1.82) is 0 Å². The van der Waals surface area contributed by atoms with Crippen molar-refractivity contribution in [3.05, 3.63) is 77.4 Å². The SMILES string of the molecule is COc1ccc2cc([C@@H](C)C(=O)N(C)Cc3ccc(C(F)(F)F)cc3)ccc2c1. The molecule has 1 atom stereocenters. The standard InChI is InChI=1S/C23H22F3NO2/c1-15(17-6-7-19-13-21(29-3)11-8-18(19)12-17)22(28)27(2)14-16-4-9-20(10-5-16)23(24,25)26/h4-13,15H,14H2,1-3H3/t15-/m1/s1. The van der Waals surface area contributed by atoms with Gasteiger partial charge in [-0.2, -0.15) is 13.2 Å². The highest BCUT2D eigenvalue weighted by molar-refractivity contribution is 5.88. The summed E-state index contributed by atoms with van der Waals surface area (Å²) in [6.07, 6.45) is -4.37. The minimum Gasteiger partial charge on any atom is -0.497 e.